The van der Waals surface area contributed by atoms with Gasteiger partial charge >= 0.3 is 0 Å². The Hall–Kier alpha value is -1.28. The summed E-state index contributed by atoms with van der Waals surface area (Å²) >= 11 is 0. The van der Waals surface area contributed by atoms with Crippen LogP contribution >= 0.6 is 0 Å². The number of hydrogen-bond acceptors (Lipinski definition) is 4. The van der Waals surface area contributed by atoms with E-state index < -0.39 is 11.0 Å². The van der Waals surface area contributed by atoms with E-state index in [0.717, 1.165) is 25.9 Å². The predicted octanol–water partition coefficient (Wildman–Crippen LogP) is -0.255. The molecule has 0 bridgehead atoms. The molecule has 1 aliphatic heterocycles. The van der Waals surface area contributed by atoms with Crippen LogP contribution in [-0.4, -0.2) is 50.1 Å². The lowest BCUT2D eigenvalue weighted by Gasteiger charge is -2.25. The van der Waals surface area contributed by atoms with E-state index in [1.807, 2.05) is 0 Å². The van der Waals surface area contributed by atoms with Crippen molar-refractivity contribution >= 4 is 16.9 Å². The van der Waals surface area contributed by atoms with Crippen LogP contribution in [0.25, 0.3) is 0 Å². The van der Waals surface area contributed by atoms with Crippen molar-refractivity contribution in [1.82, 2.24) is 24.6 Å². The summed E-state index contributed by atoms with van der Waals surface area (Å²) in [5.74, 6) is 0.0558. The van der Waals surface area contributed by atoms with E-state index >= 15 is 0 Å². The molecule has 2 heterocycles. The maximum atomic E-state index is 12.1. The monoisotopic (exact) mass is 271 g/mol. The van der Waals surface area contributed by atoms with Crippen LogP contribution in [0.15, 0.2) is 6.20 Å². The van der Waals surface area contributed by atoms with E-state index in [0.29, 0.717) is 5.69 Å². The highest BCUT2D eigenvalue weighted by molar-refractivity contribution is 7.81. The molecule has 1 unspecified atom stereocenters. The third-order valence-corrected chi connectivity index (χ3v) is 3.78. The number of hydrogen-bond donors (Lipinski definition) is 1. The van der Waals surface area contributed by atoms with Gasteiger partial charge in [-0.05, 0) is 26.3 Å². The van der Waals surface area contributed by atoms with Gasteiger partial charge in [0, 0.05) is 13.1 Å². The second-order valence-electron chi connectivity index (χ2n) is 4.13. The lowest BCUT2D eigenvalue weighted by molar-refractivity contribution is 0.0717. The predicted molar refractivity (Wildman–Crippen MR) is 67.0 cm³/mol. The zero-order valence-corrected chi connectivity index (χ0v) is 11.2. The maximum absolute atomic E-state index is 12.1. The Morgan fingerprint density at radius 3 is 2.83 bits per heavy atom. The number of piperidine rings is 1. The van der Waals surface area contributed by atoms with Crippen molar-refractivity contribution in [3.8, 4) is 0 Å². The maximum Gasteiger partial charge on any atom is 0.276 e. The molecule has 8 heteroatoms. The molecule has 1 amide bonds. The van der Waals surface area contributed by atoms with Gasteiger partial charge in [-0.1, -0.05) is 0 Å². The van der Waals surface area contributed by atoms with Gasteiger partial charge in [0.15, 0.2) is 11.6 Å². The highest BCUT2D eigenvalue weighted by atomic mass is 32.2. The van der Waals surface area contributed by atoms with Crippen LogP contribution < -0.4 is 4.72 Å². The molecule has 1 atom stereocenters. The summed E-state index contributed by atoms with van der Waals surface area (Å²) in [6.07, 6.45) is 4.70. The standard InChI is InChI=1S/C10H17N5O2S/c1-11-18(17)8-15-12-7-9(13-15)10(16)14-5-3-2-4-6-14/h7,11H,2-6,8H2,1H3. The van der Waals surface area contributed by atoms with Gasteiger partial charge in [0.25, 0.3) is 5.91 Å². The highest BCUT2D eigenvalue weighted by Crippen LogP contribution is 2.11. The number of rotatable bonds is 4. The molecule has 100 valence electrons. The molecule has 1 saturated heterocycles. The van der Waals surface area contributed by atoms with Crippen molar-refractivity contribution in [1.29, 1.82) is 0 Å². The summed E-state index contributed by atoms with van der Waals surface area (Å²) in [5, 5.41) is 8.00. The Balaban J connectivity index is 2.00. The van der Waals surface area contributed by atoms with Crippen molar-refractivity contribution in [3.05, 3.63) is 11.9 Å². The Bertz CT molecular complexity index is 441. The Labute approximate surface area is 108 Å². The molecule has 1 N–H and O–H groups in total. The molecular formula is C10H17N5O2S. The third kappa shape index (κ3) is 3.14. The molecule has 18 heavy (non-hydrogen) atoms. The Morgan fingerprint density at radius 1 is 1.44 bits per heavy atom. The lowest BCUT2D eigenvalue weighted by atomic mass is 10.1. The Morgan fingerprint density at radius 2 is 2.17 bits per heavy atom. The van der Waals surface area contributed by atoms with Crippen LogP contribution in [0, 0.1) is 0 Å². The summed E-state index contributed by atoms with van der Waals surface area (Å²) in [4.78, 5) is 15.2. The minimum atomic E-state index is -1.22. The van der Waals surface area contributed by atoms with Crippen molar-refractivity contribution < 1.29 is 9.00 Å². The molecule has 0 radical (unpaired) electrons. The molecule has 0 saturated carbocycles. The second kappa shape index (κ2) is 6.05. The third-order valence-electron chi connectivity index (χ3n) is 2.86. The van der Waals surface area contributed by atoms with Crippen molar-refractivity contribution in [2.45, 2.75) is 25.1 Å². The number of aromatic nitrogens is 3. The Kier molecular flexibility index (Phi) is 4.43. The van der Waals surface area contributed by atoms with Gasteiger partial charge in [0.2, 0.25) is 0 Å². The zero-order chi connectivity index (χ0) is 13.0. The van der Waals surface area contributed by atoms with Gasteiger partial charge in [-0.2, -0.15) is 9.90 Å². The average Bonchev–Trinajstić information content (AvgIpc) is 2.87. The summed E-state index contributed by atoms with van der Waals surface area (Å²) < 4.78 is 13.9. The van der Waals surface area contributed by atoms with Crippen LogP contribution in [0.1, 0.15) is 29.8 Å². The number of nitrogens with zero attached hydrogens (tertiary/aromatic N) is 4. The zero-order valence-electron chi connectivity index (χ0n) is 10.3. The molecule has 1 aromatic rings. The van der Waals surface area contributed by atoms with E-state index in [9.17, 15) is 9.00 Å². The van der Waals surface area contributed by atoms with Gasteiger partial charge in [-0.3, -0.25) is 4.79 Å². The number of nitrogens with one attached hydrogen (secondary N) is 1. The minimum Gasteiger partial charge on any atom is -0.337 e. The number of likely N-dealkylation sites (tertiary alicyclic amines) is 1. The van der Waals surface area contributed by atoms with E-state index in [2.05, 4.69) is 14.9 Å². The summed E-state index contributed by atoms with van der Waals surface area (Å²) in [6, 6.07) is 0. The first kappa shape index (κ1) is 13.2. The lowest BCUT2D eigenvalue weighted by Crippen LogP contribution is -2.35. The fourth-order valence-electron chi connectivity index (χ4n) is 1.89. The van der Waals surface area contributed by atoms with Crippen LogP contribution in [0.2, 0.25) is 0 Å². The van der Waals surface area contributed by atoms with Gasteiger partial charge in [0.1, 0.15) is 11.0 Å². The highest BCUT2D eigenvalue weighted by Gasteiger charge is 2.20. The van der Waals surface area contributed by atoms with Gasteiger partial charge in [-0.15, -0.1) is 5.10 Å². The van der Waals surface area contributed by atoms with Crippen LogP contribution in [0.3, 0.4) is 0 Å². The number of carbonyl (C=O) groups is 1. The minimum absolute atomic E-state index is 0.0869. The first-order valence-corrected chi connectivity index (χ1v) is 7.28. The smallest absolute Gasteiger partial charge is 0.276 e. The average molecular weight is 271 g/mol. The van der Waals surface area contributed by atoms with Gasteiger partial charge in [0.05, 0.1) is 6.20 Å². The molecule has 1 aromatic heterocycles. The van der Waals surface area contributed by atoms with Crippen LogP contribution in [0.4, 0.5) is 0 Å². The fraction of sp³-hybridized carbons (Fsp3) is 0.700. The normalized spacial score (nSPS) is 17.7. The topological polar surface area (TPSA) is 80.1 Å². The molecule has 0 spiro atoms. The summed E-state index contributed by atoms with van der Waals surface area (Å²) in [7, 11) is 0.377. The number of amides is 1. The first-order chi connectivity index (χ1) is 8.70. The van der Waals surface area contributed by atoms with Gasteiger partial charge < -0.3 is 4.90 Å². The largest absolute Gasteiger partial charge is 0.337 e. The first-order valence-electron chi connectivity index (χ1n) is 5.96. The SMILES string of the molecule is CNS(=O)Cn1ncc(C(=O)N2CCCCC2)n1. The fourth-order valence-corrected chi connectivity index (χ4v) is 2.35. The molecule has 7 nitrogen and oxygen atoms in total. The van der Waals surface area contributed by atoms with Crippen LogP contribution in [0.5, 0.6) is 0 Å². The molecular weight excluding hydrogens is 254 g/mol. The van der Waals surface area contributed by atoms with E-state index in [1.165, 1.54) is 17.4 Å². The van der Waals surface area contributed by atoms with Crippen LogP contribution in [-0.2, 0) is 16.9 Å². The molecule has 1 aliphatic rings. The van der Waals surface area contributed by atoms with Crippen molar-refractivity contribution in [3.63, 3.8) is 0 Å². The molecule has 2 rings (SSSR count). The number of carbonyl (C=O) groups excluding carboxylic acids is 1. The van der Waals surface area contributed by atoms with Crippen molar-refractivity contribution in [2.24, 2.45) is 0 Å². The van der Waals surface area contributed by atoms with Crippen molar-refractivity contribution in [2.75, 3.05) is 20.1 Å². The second-order valence-corrected chi connectivity index (χ2v) is 5.49. The quantitative estimate of drug-likeness (QED) is 0.818. The molecule has 1 fully saturated rings. The molecule has 0 aliphatic carbocycles. The van der Waals surface area contributed by atoms with E-state index in [1.54, 1.807) is 11.9 Å². The van der Waals surface area contributed by atoms with E-state index in [-0.39, 0.29) is 11.8 Å². The van der Waals surface area contributed by atoms with Gasteiger partial charge in [-0.25, -0.2) is 8.93 Å². The summed E-state index contributed by atoms with van der Waals surface area (Å²) in [6.45, 7) is 1.57. The summed E-state index contributed by atoms with van der Waals surface area (Å²) in [5.41, 5.74) is 0.324. The van der Waals surface area contributed by atoms with E-state index in [4.69, 9.17) is 0 Å². The molecule has 0 aromatic carbocycles.